The summed E-state index contributed by atoms with van der Waals surface area (Å²) in [7, 11) is 2.06. The van der Waals surface area contributed by atoms with Gasteiger partial charge in [-0.1, -0.05) is 0 Å². The Morgan fingerprint density at radius 1 is 1.39 bits per heavy atom. The second kappa shape index (κ2) is 4.98. The van der Waals surface area contributed by atoms with E-state index in [1.807, 2.05) is 23.1 Å². The van der Waals surface area contributed by atoms with E-state index >= 15 is 0 Å². The van der Waals surface area contributed by atoms with E-state index in [4.69, 9.17) is 0 Å². The molecule has 0 bridgehead atoms. The lowest BCUT2D eigenvalue weighted by Crippen LogP contribution is -2.20. The van der Waals surface area contributed by atoms with E-state index in [2.05, 4.69) is 34.4 Å². The van der Waals surface area contributed by atoms with Crippen molar-refractivity contribution in [1.29, 1.82) is 0 Å². The highest BCUT2D eigenvalue weighted by Crippen LogP contribution is 2.30. The predicted octanol–water partition coefficient (Wildman–Crippen LogP) is 1.98. The second-order valence-corrected chi connectivity index (χ2v) is 4.98. The molecule has 2 heterocycles. The van der Waals surface area contributed by atoms with Crippen LogP contribution in [0.25, 0.3) is 0 Å². The topological polar surface area (TPSA) is 34.8 Å². The zero-order chi connectivity index (χ0) is 12.4. The SMILES string of the molecule is CNC1CCCc2cn(CCn3cccn3)cc21. The molecule has 0 amide bonds. The van der Waals surface area contributed by atoms with Gasteiger partial charge in [-0.3, -0.25) is 4.68 Å². The number of aromatic nitrogens is 3. The van der Waals surface area contributed by atoms with Crippen LogP contribution in [0.15, 0.2) is 30.9 Å². The van der Waals surface area contributed by atoms with Crippen LogP contribution in [0.1, 0.15) is 30.0 Å². The number of nitrogens with one attached hydrogen (secondary N) is 1. The summed E-state index contributed by atoms with van der Waals surface area (Å²) in [5, 5.41) is 7.65. The van der Waals surface area contributed by atoms with Gasteiger partial charge in [-0.15, -0.1) is 0 Å². The number of aryl methyl sites for hydroxylation is 3. The fraction of sp³-hybridized carbons (Fsp3) is 0.500. The molecule has 96 valence electrons. The number of fused-ring (bicyclic) bond motifs is 1. The highest BCUT2D eigenvalue weighted by molar-refractivity contribution is 5.30. The Labute approximate surface area is 108 Å². The van der Waals surface area contributed by atoms with Gasteiger partial charge >= 0.3 is 0 Å². The molecule has 4 heteroatoms. The van der Waals surface area contributed by atoms with Crippen LogP contribution in [0.4, 0.5) is 0 Å². The van der Waals surface area contributed by atoms with E-state index in [0.29, 0.717) is 6.04 Å². The molecule has 0 fully saturated rings. The van der Waals surface area contributed by atoms with Gasteiger partial charge in [-0.25, -0.2) is 0 Å². The molecule has 18 heavy (non-hydrogen) atoms. The minimum absolute atomic E-state index is 0.541. The van der Waals surface area contributed by atoms with Crippen molar-refractivity contribution in [2.75, 3.05) is 7.05 Å². The minimum atomic E-state index is 0.541. The number of hydrogen-bond donors (Lipinski definition) is 1. The fourth-order valence-corrected chi connectivity index (χ4v) is 2.83. The quantitative estimate of drug-likeness (QED) is 0.892. The van der Waals surface area contributed by atoms with Gasteiger partial charge in [-0.2, -0.15) is 5.10 Å². The molecule has 0 aromatic carbocycles. The van der Waals surface area contributed by atoms with Crippen LogP contribution in [0.2, 0.25) is 0 Å². The average molecular weight is 244 g/mol. The molecule has 1 atom stereocenters. The minimum Gasteiger partial charge on any atom is -0.352 e. The van der Waals surface area contributed by atoms with Crippen LogP contribution in [0, 0.1) is 0 Å². The Balaban J connectivity index is 1.72. The molecule has 2 aromatic rings. The molecule has 1 unspecified atom stereocenters. The van der Waals surface area contributed by atoms with Gasteiger partial charge in [0.15, 0.2) is 0 Å². The van der Waals surface area contributed by atoms with Crippen LogP contribution in [-0.2, 0) is 19.5 Å². The zero-order valence-corrected chi connectivity index (χ0v) is 10.8. The molecule has 4 nitrogen and oxygen atoms in total. The maximum absolute atomic E-state index is 4.24. The van der Waals surface area contributed by atoms with Crippen molar-refractivity contribution in [3.63, 3.8) is 0 Å². The van der Waals surface area contributed by atoms with Crippen molar-refractivity contribution in [2.45, 2.75) is 38.4 Å². The average Bonchev–Trinajstić information content (AvgIpc) is 3.04. The first-order valence-corrected chi connectivity index (χ1v) is 6.70. The van der Waals surface area contributed by atoms with E-state index in [1.165, 1.54) is 30.4 Å². The highest BCUT2D eigenvalue weighted by Gasteiger charge is 2.20. The third-order valence-electron chi connectivity index (χ3n) is 3.81. The Hall–Kier alpha value is -1.55. The lowest BCUT2D eigenvalue weighted by atomic mass is 9.91. The van der Waals surface area contributed by atoms with Gasteiger partial charge < -0.3 is 9.88 Å². The lowest BCUT2D eigenvalue weighted by molar-refractivity contribution is 0.497. The summed E-state index contributed by atoms with van der Waals surface area (Å²) in [6.45, 7) is 1.93. The summed E-state index contributed by atoms with van der Waals surface area (Å²) in [6, 6.07) is 2.51. The first kappa shape index (κ1) is 11.5. The van der Waals surface area contributed by atoms with Crippen LogP contribution in [0.5, 0.6) is 0 Å². The van der Waals surface area contributed by atoms with Crippen LogP contribution < -0.4 is 5.32 Å². The summed E-state index contributed by atoms with van der Waals surface area (Å²) >= 11 is 0. The molecule has 1 N–H and O–H groups in total. The molecule has 0 aliphatic heterocycles. The summed E-state index contributed by atoms with van der Waals surface area (Å²) < 4.78 is 4.29. The van der Waals surface area contributed by atoms with Crippen LogP contribution in [-0.4, -0.2) is 21.4 Å². The standard InChI is InChI=1S/C14H20N4/c1-15-14-5-2-4-12-10-17(11-13(12)14)8-9-18-7-3-6-16-18/h3,6-7,10-11,14-15H,2,4-5,8-9H2,1H3. The van der Waals surface area contributed by atoms with Gasteiger partial charge in [0.05, 0.1) is 6.54 Å². The predicted molar refractivity (Wildman–Crippen MR) is 71.4 cm³/mol. The van der Waals surface area contributed by atoms with Crippen LogP contribution in [0.3, 0.4) is 0 Å². The van der Waals surface area contributed by atoms with E-state index in [9.17, 15) is 0 Å². The molecule has 0 spiro atoms. The molecule has 0 radical (unpaired) electrons. The molecule has 0 saturated heterocycles. The first-order chi connectivity index (χ1) is 8.86. The summed E-state index contributed by atoms with van der Waals surface area (Å²) in [6.07, 6.45) is 12.2. The summed E-state index contributed by atoms with van der Waals surface area (Å²) in [5.74, 6) is 0. The number of rotatable bonds is 4. The first-order valence-electron chi connectivity index (χ1n) is 6.70. The maximum Gasteiger partial charge on any atom is 0.0588 e. The Kier molecular flexibility index (Phi) is 3.19. The molecule has 1 aliphatic carbocycles. The lowest BCUT2D eigenvalue weighted by Gasteiger charge is -2.21. The van der Waals surface area contributed by atoms with Crippen molar-refractivity contribution in [2.24, 2.45) is 0 Å². The largest absolute Gasteiger partial charge is 0.352 e. The van der Waals surface area contributed by atoms with E-state index < -0.39 is 0 Å². The van der Waals surface area contributed by atoms with Gasteiger partial charge in [0.2, 0.25) is 0 Å². The normalized spacial score (nSPS) is 18.8. The smallest absolute Gasteiger partial charge is 0.0588 e. The Bertz CT molecular complexity index is 498. The fourth-order valence-electron chi connectivity index (χ4n) is 2.83. The molecule has 0 saturated carbocycles. The van der Waals surface area contributed by atoms with Crippen molar-refractivity contribution in [3.8, 4) is 0 Å². The molecule has 2 aromatic heterocycles. The molecule has 1 aliphatic rings. The van der Waals surface area contributed by atoms with Gasteiger partial charge in [-0.05, 0) is 43.5 Å². The second-order valence-electron chi connectivity index (χ2n) is 4.98. The summed E-state index contributed by atoms with van der Waals surface area (Å²) in [4.78, 5) is 0. The van der Waals surface area contributed by atoms with Gasteiger partial charge in [0.25, 0.3) is 0 Å². The third kappa shape index (κ3) is 2.20. The number of hydrogen-bond acceptors (Lipinski definition) is 2. The third-order valence-corrected chi connectivity index (χ3v) is 3.81. The monoisotopic (exact) mass is 244 g/mol. The van der Waals surface area contributed by atoms with E-state index in [-0.39, 0.29) is 0 Å². The molecular weight excluding hydrogens is 224 g/mol. The van der Waals surface area contributed by atoms with Crippen LogP contribution >= 0.6 is 0 Å². The zero-order valence-electron chi connectivity index (χ0n) is 10.8. The van der Waals surface area contributed by atoms with Crippen molar-refractivity contribution < 1.29 is 0 Å². The van der Waals surface area contributed by atoms with Gasteiger partial charge in [0.1, 0.15) is 0 Å². The van der Waals surface area contributed by atoms with E-state index in [1.54, 1.807) is 0 Å². The highest BCUT2D eigenvalue weighted by atomic mass is 15.3. The molecular formula is C14H20N4. The molecule has 3 rings (SSSR count). The Morgan fingerprint density at radius 2 is 2.33 bits per heavy atom. The van der Waals surface area contributed by atoms with E-state index in [0.717, 1.165) is 13.1 Å². The van der Waals surface area contributed by atoms with Crippen molar-refractivity contribution in [3.05, 3.63) is 42.0 Å². The van der Waals surface area contributed by atoms with Crippen molar-refractivity contribution in [1.82, 2.24) is 19.7 Å². The maximum atomic E-state index is 4.24. The Morgan fingerprint density at radius 3 is 3.11 bits per heavy atom. The number of nitrogens with zero attached hydrogens (tertiary/aromatic N) is 3. The van der Waals surface area contributed by atoms with Gasteiger partial charge in [0, 0.05) is 37.4 Å². The summed E-state index contributed by atoms with van der Waals surface area (Å²) in [5.41, 5.74) is 3.00. The van der Waals surface area contributed by atoms with Crippen molar-refractivity contribution >= 4 is 0 Å².